The Kier molecular flexibility index (Phi) is 4.24. The van der Waals surface area contributed by atoms with Crippen LogP contribution in [-0.2, 0) is 5.75 Å². The molecule has 1 atom stereocenters. The highest BCUT2D eigenvalue weighted by Crippen LogP contribution is 2.13. The summed E-state index contributed by atoms with van der Waals surface area (Å²) in [7, 11) is 0. The van der Waals surface area contributed by atoms with Gasteiger partial charge in [-0.3, -0.25) is 0 Å². The third-order valence-corrected chi connectivity index (χ3v) is 2.56. The second-order valence-corrected chi connectivity index (χ2v) is 4.10. The summed E-state index contributed by atoms with van der Waals surface area (Å²) in [5, 5.41) is 3.86. The standard InChI is InChI=1S/C8H15N3OS/c1-3-13-5-7-10-8(12-11-7)6(2)4-9/h6H,3-5,9H2,1-2H3. The summed E-state index contributed by atoms with van der Waals surface area (Å²) in [5.41, 5.74) is 5.48. The molecule has 4 nitrogen and oxygen atoms in total. The molecular formula is C8H15N3OS. The Balaban J connectivity index is 2.53. The van der Waals surface area contributed by atoms with Crippen LogP contribution >= 0.6 is 11.8 Å². The average molecular weight is 201 g/mol. The van der Waals surface area contributed by atoms with Gasteiger partial charge in [-0.15, -0.1) is 0 Å². The lowest BCUT2D eigenvalue weighted by molar-refractivity contribution is 0.358. The van der Waals surface area contributed by atoms with Crippen molar-refractivity contribution in [3.05, 3.63) is 11.7 Å². The van der Waals surface area contributed by atoms with E-state index >= 15 is 0 Å². The Morgan fingerprint density at radius 2 is 2.38 bits per heavy atom. The average Bonchev–Trinajstić information content (AvgIpc) is 2.62. The van der Waals surface area contributed by atoms with E-state index in [4.69, 9.17) is 10.3 Å². The molecule has 5 heteroatoms. The monoisotopic (exact) mass is 201 g/mol. The molecule has 1 aromatic heterocycles. The maximum absolute atomic E-state index is 5.48. The quantitative estimate of drug-likeness (QED) is 0.779. The van der Waals surface area contributed by atoms with Crippen molar-refractivity contribution in [3.63, 3.8) is 0 Å². The van der Waals surface area contributed by atoms with E-state index in [1.165, 1.54) is 0 Å². The fraction of sp³-hybridized carbons (Fsp3) is 0.750. The van der Waals surface area contributed by atoms with Gasteiger partial charge in [-0.2, -0.15) is 16.7 Å². The highest BCUT2D eigenvalue weighted by Gasteiger charge is 2.11. The number of aromatic nitrogens is 2. The molecule has 0 aliphatic carbocycles. The van der Waals surface area contributed by atoms with Crippen LogP contribution in [0.25, 0.3) is 0 Å². The van der Waals surface area contributed by atoms with Crippen LogP contribution in [0, 0.1) is 0 Å². The van der Waals surface area contributed by atoms with Crippen LogP contribution in [0.4, 0.5) is 0 Å². The van der Waals surface area contributed by atoms with Crippen molar-refractivity contribution in [2.24, 2.45) is 5.73 Å². The minimum Gasteiger partial charge on any atom is -0.339 e. The predicted molar refractivity (Wildman–Crippen MR) is 53.6 cm³/mol. The van der Waals surface area contributed by atoms with Crippen molar-refractivity contribution in [2.75, 3.05) is 12.3 Å². The Hall–Kier alpha value is -0.550. The van der Waals surface area contributed by atoms with Crippen LogP contribution in [-0.4, -0.2) is 22.4 Å². The maximum atomic E-state index is 5.48. The molecule has 1 heterocycles. The maximum Gasteiger partial charge on any atom is 0.230 e. The molecule has 0 saturated carbocycles. The highest BCUT2D eigenvalue weighted by atomic mass is 32.2. The Labute approximate surface area is 82.3 Å². The van der Waals surface area contributed by atoms with Gasteiger partial charge in [-0.25, -0.2) is 0 Å². The lowest BCUT2D eigenvalue weighted by Crippen LogP contribution is -2.09. The van der Waals surface area contributed by atoms with E-state index in [1.54, 1.807) is 11.8 Å². The van der Waals surface area contributed by atoms with Gasteiger partial charge in [0.15, 0.2) is 5.82 Å². The Morgan fingerprint density at radius 3 is 3.00 bits per heavy atom. The number of nitrogens with zero attached hydrogens (tertiary/aromatic N) is 2. The van der Waals surface area contributed by atoms with Gasteiger partial charge >= 0.3 is 0 Å². The Morgan fingerprint density at radius 1 is 1.62 bits per heavy atom. The van der Waals surface area contributed by atoms with Gasteiger partial charge in [0.05, 0.1) is 5.75 Å². The number of hydrogen-bond donors (Lipinski definition) is 1. The largest absolute Gasteiger partial charge is 0.339 e. The van der Waals surface area contributed by atoms with E-state index in [1.807, 2.05) is 6.92 Å². The van der Waals surface area contributed by atoms with Gasteiger partial charge in [0.1, 0.15) is 0 Å². The number of rotatable bonds is 5. The fourth-order valence-corrected chi connectivity index (χ4v) is 1.32. The van der Waals surface area contributed by atoms with Crippen LogP contribution in [0.1, 0.15) is 31.5 Å². The van der Waals surface area contributed by atoms with Crippen molar-refractivity contribution in [3.8, 4) is 0 Å². The smallest absolute Gasteiger partial charge is 0.230 e. The summed E-state index contributed by atoms with van der Waals surface area (Å²) in [4.78, 5) is 4.24. The zero-order valence-electron chi connectivity index (χ0n) is 7.99. The number of hydrogen-bond acceptors (Lipinski definition) is 5. The van der Waals surface area contributed by atoms with Gasteiger partial charge in [-0.05, 0) is 5.75 Å². The number of thioether (sulfide) groups is 1. The summed E-state index contributed by atoms with van der Waals surface area (Å²) >= 11 is 1.78. The van der Waals surface area contributed by atoms with Crippen molar-refractivity contribution < 1.29 is 4.52 Å². The van der Waals surface area contributed by atoms with Gasteiger partial charge < -0.3 is 10.3 Å². The first-order chi connectivity index (χ1) is 6.27. The molecule has 0 amide bonds. The molecular weight excluding hydrogens is 186 g/mol. The molecule has 13 heavy (non-hydrogen) atoms. The van der Waals surface area contributed by atoms with Gasteiger partial charge in [-0.1, -0.05) is 19.0 Å². The summed E-state index contributed by atoms with van der Waals surface area (Å²) in [5.74, 6) is 3.46. The minimum atomic E-state index is 0.160. The first-order valence-corrected chi connectivity index (χ1v) is 5.53. The zero-order chi connectivity index (χ0) is 9.68. The molecule has 1 rings (SSSR count). The van der Waals surface area contributed by atoms with Gasteiger partial charge in [0.2, 0.25) is 5.89 Å². The van der Waals surface area contributed by atoms with Crippen molar-refractivity contribution in [1.82, 2.24) is 10.1 Å². The molecule has 0 spiro atoms. The topological polar surface area (TPSA) is 64.9 Å². The van der Waals surface area contributed by atoms with E-state index in [-0.39, 0.29) is 5.92 Å². The molecule has 0 aliphatic heterocycles. The second kappa shape index (κ2) is 5.24. The molecule has 0 fully saturated rings. The van der Waals surface area contributed by atoms with Gasteiger partial charge in [0.25, 0.3) is 0 Å². The summed E-state index contributed by atoms with van der Waals surface area (Å²) < 4.78 is 5.06. The van der Waals surface area contributed by atoms with E-state index in [9.17, 15) is 0 Å². The normalized spacial score (nSPS) is 13.2. The zero-order valence-corrected chi connectivity index (χ0v) is 8.80. The van der Waals surface area contributed by atoms with E-state index in [2.05, 4.69) is 17.1 Å². The number of nitrogens with two attached hydrogens (primary N) is 1. The first-order valence-electron chi connectivity index (χ1n) is 4.38. The van der Waals surface area contributed by atoms with E-state index < -0.39 is 0 Å². The SMILES string of the molecule is CCSCc1noc(C(C)CN)n1. The van der Waals surface area contributed by atoms with Crippen molar-refractivity contribution in [2.45, 2.75) is 25.5 Å². The van der Waals surface area contributed by atoms with Crippen molar-refractivity contribution in [1.29, 1.82) is 0 Å². The molecule has 0 bridgehead atoms. The van der Waals surface area contributed by atoms with Crippen LogP contribution in [0.3, 0.4) is 0 Å². The predicted octanol–water partition coefficient (Wildman–Crippen LogP) is 1.38. The lowest BCUT2D eigenvalue weighted by Gasteiger charge is -1.98. The molecule has 1 unspecified atom stereocenters. The summed E-state index contributed by atoms with van der Waals surface area (Å²) in [6.45, 7) is 4.63. The minimum absolute atomic E-state index is 0.160. The first kappa shape index (κ1) is 10.5. The van der Waals surface area contributed by atoms with Crippen LogP contribution in [0.2, 0.25) is 0 Å². The van der Waals surface area contributed by atoms with Crippen molar-refractivity contribution >= 4 is 11.8 Å². The van der Waals surface area contributed by atoms with E-state index in [0.717, 1.165) is 17.3 Å². The van der Waals surface area contributed by atoms with Gasteiger partial charge in [0, 0.05) is 12.5 Å². The third kappa shape index (κ3) is 3.00. The molecule has 0 radical (unpaired) electrons. The second-order valence-electron chi connectivity index (χ2n) is 2.82. The van der Waals surface area contributed by atoms with Crippen LogP contribution < -0.4 is 5.73 Å². The Bertz CT molecular complexity index is 251. The third-order valence-electron chi connectivity index (χ3n) is 1.69. The summed E-state index contributed by atoms with van der Waals surface area (Å²) in [6, 6.07) is 0. The van der Waals surface area contributed by atoms with Crippen LogP contribution in [0.5, 0.6) is 0 Å². The van der Waals surface area contributed by atoms with E-state index in [0.29, 0.717) is 12.4 Å². The highest BCUT2D eigenvalue weighted by molar-refractivity contribution is 7.98. The molecule has 0 saturated heterocycles. The van der Waals surface area contributed by atoms with Crippen LogP contribution in [0.15, 0.2) is 4.52 Å². The fourth-order valence-electron chi connectivity index (χ4n) is 0.820. The summed E-state index contributed by atoms with van der Waals surface area (Å²) in [6.07, 6.45) is 0. The molecule has 2 N–H and O–H groups in total. The molecule has 74 valence electrons. The molecule has 1 aromatic rings. The molecule has 0 aliphatic rings. The lowest BCUT2D eigenvalue weighted by atomic mass is 10.2. The molecule has 0 aromatic carbocycles.